The van der Waals surface area contributed by atoms with Gasteiger partial charge >= 0.3 is 0 Å². The number of aromatic nitrogens is 3. The van der Waals surface area contributed by atoms with Crippen molar-refractivity contribution in [2.24, 2.45) is 5.92 Å². The topological polar surface area (TPSA) is 51.8 Å². The summed E-state index contributed by atoms with van der Waals surface area (Å²) in [5.41, 5.74) is 3.43. The van der Waals surface area contributed by atoms with E-state index in [0.717, 1.165) is 43.4 Å². The summed E-state index contributed by atoms with van der Waals surface area (Å²) in [4.78, 5) is 14.8. The summed E-state index contributed by atoms with van der Waals surface area (Å²) in [7, 11) is 0. The zero-order chi connectivity index (χ0) is 22.4. The van der Waals surface area contributed by atoms with Crippen LogP contribution >= 0.6 is 15.9 Å². The fourth-order valence-electron chi connectivity index (χ4n) is 4.38. The Bertz CT molecular complexity index is 1550. The van der Waals surface area contributed by atoms with E-state index in [2.05, 4.69) is 59.3 Å². The first-order valence-electron chi connectivity index (χ1n) is 11.0. The molecule has 2 unspecified atom stereocenters. The lowest BCUT2D eigenvalue weighted by Gasteiger charge is -2.20. The smallest absolute Gasteiger partial charge is 0.167 e. The average Bonchev–Trinajstić information content (AvgIpc) is 3.25. The Kier molecular flexibility index (Phi) is 4.92. The van der Waals surface area contributed by atoms with Crippen LogP contribution in [0.3, 0.4) is 0 Å². The SMILES string of the molecule is CC1C=CC=CC1c1nc(-c2ccccc2)nc(-c2cccc3c2oc2c(Br)cccc23)n1. The van der Waals surface area contributed by atoms with Gasteiger partial charge in [0.2, 0.25) is 0 Å². The number of fused-ring (bicyclic) bond motifs is 3. The zero-order valence-electron chi connectivity index (χ0n) is 17.9. The van der Waals surface area contributed by atoms with Crippen LogP contribution in [0, 0.1) is 5.92 Å². The fourth-order valence-corrected chi connectivity index (χ4v) is 4.83. The van der Waals surface area contributed by atoms with Crippen LogP contribution in [-0.2, 0) is 0 Å². The van der Waals surface area contributed by atoms with Crippen LogP contribution < -0.4 is 0 Å². The van der Waals surface area contributed by atoms with Crippen molar-refractivity contribution < 1.29 is 4.42 Å². The molecule has 160 valence electrons. The molecule has 0 fully saturated rings. The molecular formula is C28H20BrN3O. The highest BCUT2D eigenvalue weighted by atomic mass is 79.9. The lowest BCUT2D eigenvalue weighted by Crippen LogP contribution is -2.13. The molecular weight excluding hydrogens is 474 g/mol. The van der Waals surface area contributed by atoms with Gasteiger partial charge in [0.1, 0.15) is 17.0 Å². The van der Waals surface area contributed by atoms with Gasteiger partial charge in [-0.05, 0) is 34.0 Å². The minimum absolute atomic E-state index is 0.0863. The van der Waals surface area contributed by atoms with Gasteiger partial charge in [-0.25, -0.2) is 15.0 Å². The molecule has 1 aliphatic carbocycles. The predicted octanol–water partition coefficient (Wildman–Crippen LogP) is 7.71. The van der Waals surface area contributed by atoms with Gasteiger partial charge in [0.15, 0.2) is 11.6 Å². The Balaban J connectivity index is 1.61. The van der Waals surface area contributed by atoms with Crippen molar-refractivity contribution in [3.8, 4) is 22.8 Å². The molecule has 0 saturated heterocycles. The summed E-state index contributed by atoms with van der Waals surface area (Å²) in [5.74, 6) is 2.44. The quantitative estimate of drug-likeness (QED) is 0.258. The van der Waals surface area contributed by atoms with Gasteiger partial charge < -0.3 is 4.42 Å². The van der Waals surface area contributed by atoms with E-state index in [0.29, 0.717) is 17.6 Å². The number of hydrogen-bond donors (Lipinski definition) is 0. The average molecular weight is 494 g/mol. The molecule has 0 amide bonds. The molecule has 0 saturated carbocycles. The zero-order valence-corrected chi connectivity index (χ0v) is 19.5. The molecule has 0 N–H and O–H groups in total. The number of para-hydroxylation sites is 2. The molecule has 0 aliphatic heterocycles. The summed E-state index contributed by atoms with van der Waals surface area (Å²) in [6.45, 7) is 2.19. The lowest BCUT2D eigenvalue weighted by atomic mass is 9.89. The second kappa shape index (κ2) is 8.09. The van der Waals surface area contributed by atoms with E-state index in [1.807, 2.05) is 54.6 Å². The standard InChI is InChI=1S/C28H20BrN3O/c1-17-9-5-6-12-19(17)27-30-26(18-10-3-2-4-11-18)31-28(32-27)22-15-7-13-20-21-14-8-16-23(29)25(21)33-24(20)22/h2-17,19H,1H3. The number of hydrogen-bond acceptors (Lipinski definition) is 4. The van der Waals surface area contributed by atoms with Crippen molar-refractivity contribution in [2.75, 3.05) is 0 Å². The molecule has 2 heterocycles. The van der Waals surface area contributed by atoms with Gasteiger partial charge in [0, 0.05) is 22.3 Å². The molecule has 5 aromatic rings. The summed E-state index contributed by atoms with van der Waals surface area (Å²) in [6.07, 6.45) is 8.49. The summed E-state index contributed by atoms with van der Waals surface area (Å²) >= 11 is 3.62. The molecule has 33 heavy (non-hydrogen) atoms. The van der Waals surface area contributed by atoms with Crippen LogP contribution in [0.25, 0.3) is 44.7 Å². The van der Waals surface area contributed by atoms with Gasteiger partial charge in [0.25, 0.3) is 0 Å². The number of benzene rings is 3. The summed E-state index contributed by atoms with van der Waals surface area (Å²) in [6, 6.07) is 22.3. The van der Waals surface area contributed by atoms with E-state index in [1.54, 1.807) is 0 Å². The molecule has 3 aromatic carbocycles. The van der Waals surface area contributed by atoms with Crippen LogP contribution in [-0.4, -0.2) is 15.0 Å². The first kappa shape index (κ1) is 20.1. The van der Waals surface area contributed by atoms with Gasteiger partial charge in [-0.3, -0.25) is 0 Å². The van der Waals surface area contributed by atoms with Gasteiger partial charge in [-0.15, -0.1) is 0 Å². The third-order valence-electron chi connectivity index (χ3n) is 6.11. The molecule has 4 nitrogen and oxygen atoms in total. The first-order valence-corrected chi connectivity index (χ1v) is 11.7. The number of rotatable bonds is 3. The molecule has 6 rings (SSSR count). The van der Waals surface area contributed by atoms with E-state index < -0.39 is 0 Å². The van der Waals surface area contributed by atoms with E-state index >= 15 is 0 Å². The third-order valence-corrected chi connectivity index (χ3v) is 6.74. The number of furan rings is 1. The predicted molar refractivity (Wildman–Crippen MR) is 136 cm³/mol. The minimum atomic E-state index is 0.0863. The van der Waals surface area contributed by atoms with E-state index in [1.165, 1.54) is 0 Å². The highest BCUT2D eigenvalue weighted by Crippen LogP contribution is 2.38. The maximum Gasteiger partial charge on any atom is 0.167 e. The van der Waals surface area contributed by atoms with Crippen LogP contribution in [0.15, 0.2) is 99.9 Å². The second-order valence-electron chi connectivity index (χ2n) is 8.26. The molecule has 0 radical (unpaired) electrons. The monoisotopic (exact) mass is 493 g/mol. The van der Waals surface area contributed by atoms with Crippen LogP contribution in [0.2, 0.25) is 0 Å². The number of nitrogens with zero attached hydrogens (tertiary/aromatic N) is 3. The maximum absolute atomic E-state index is 6.35. The Morgan fingerprint density at radius 2 is 1.45 bits per heavy atom. The van der Waals surface area contributed by atoms with Gasteiger partial charge in [0.05, 0.1) is 10.0 Å². The third kappa shape index (κ3) is 3.49. The van der Waals surface area contributed by atoms with Gasteiger partial charge in [-0.1, -0.05) is 85.8 Å². The number of halogens is 1. The Morgan fingerprint density at radius 1 is 0.727 bits per heavy atom. The van der Waals surface area contributed by atoms with Crippen LogP contribution in [0.4, 0.5) is 0 Å². The Hall–Kier alpha value is -3.57. The molecule has 0 bridgehead atoms. The first-order chi connectivity index (χ1) is 16.2. The second-order valence-corrected chi connectivity index (χ2v) is 9.12. The van der Waals surface area contributed by atoms with Crippen molar-refractivity contribution in [3.05, 3.63) is 101 Å². The fraction of sp³-hybridized carbons (Fsp3) is 0.107. The molecule has 2 atom stereocenters. The molecule has 1 aliphatic rings. The lowest BCUT2D eigenvalue weighted by molar-refractivity contribution is 0.600. The van der Waals surface area contributed by atoms with Crippen molar-refractivity contribution in [1.82, 2.24) is 15.0 Å². The highest BCUT2D eigenvalue weighted by molar-refractivity contribution is 9.10. The normalized spacial score (nSPS) is 17.8. The minimum Gasteiger partial charge on any atom is -0.454 e. The van der Waals surface area contributed by atoms with Gasteiger partial charge in [-0.2, -0.15) is 0 Å². The highest BCUT2D eigenvalue weighted by Gasteiger charge is 2.23. The van der Waals surface area contributed by atoms with Crippen LogP contribution in [0.1, 0.15) is 18.7 Å². The summed E-state index contributed by atoms with van der Waals surface area (Å²) < 4.78 is 7.28. The molecule has 2 aromatic heterocycles. The molecule has 5 heteroatoms. The van der Waals surface area contributed by atoms with Crippen molar-refractivity contribution in [3.63, 3.8) is 0 Å². The molecule has 0 spiro atoms. The van der Waals surface area contributed by atoms with Crippen molar-refractivity contribution in [1.29, 1.82) is 0 Å². The summed E-state index contributed by atoms with van der Waals surface area (Å²) in [5, 5.41) is 2.11. The van der Waals surface area contributed by atoms with E-state index in [-0.39, 0.29) is 5.92 Å². The van der Waals surface area contributed by atoms with E-state index in [9.17, 15) is 0 Å². The Labute approximate surface area is 199 Å². The van der Waals surface area contributed by atoms with E-state index in [4.69, 9.17) is 19.4 Å². The van der Waals surface area contributed by atoms with Crippen molar-refractivity contribution in [2.45, 2.75) is 12.8 Å². The Morgan fingerprint density at radius 3 is 2.27 bits per heavy atom. The number of allylic oxidation sites excluding steroid dienone is 4. The van der Waals surface area contributed by atoms with Crippen LogP contribution in [0.5, 0.6) is 0 Å². The van der Waals surface area contributed by atoms with Crippen molar-refractivity contribution >= 4 is 37.9 Å². The maximum atomic E-state index is 6.35. The largest absolute Gasteiger partial charge is 0.454 e.